The van der Waals surface area contributed by atoms with Crippen molar-refractivity contribution >= 4 is 38.8 Å². The first-order valence-electron chi connectivity index (χ1n) is 10.9. The van der Waals surface area contributed by atoms with Gasteiger partial charge < -0.3 is 10.6 Å². The topological polar surface area (TPSA) is 122 Å². The van der Waals surface area contributed by atoms with Gasteiger partial charge in [0.1, 0.15) is 22.6 Å². The molecule has 2 amide bonds. The molecular formula is C23H31N3O5S2. The van der Waals surface area contributed by atoms with Crippen LogP contribution in [0.2, 0.25) is 0 Å². The Hall–Kier alpha value is -2.59. The van der Waals surface area contributed by atoms with Gasteiger partial charge in [-0.25, -0.2) is 13.4 Å². The number of nitrogens with zero attached hydrogens (tertiary/aromatic N) is 1. The Kier molecular flexibility index (Phi) is 10.7. The van der Waals surface area contributed by atoms with E-state index in [0.717, 1.165) is 29.7 Å². The summed E-state index contributed by atoms with van der Waals surface area (Å²) in [5, 5.41) is 8.04. The number of hydrogen-bond donors (Lipinski definition) is 2. The van der Waals surface area contributed by atoms with Gasteiger partial charge in [0.2, 0.25) is 11.8 Å². The molecule has 0 radical (unpaired) electrons. The van der Waals surface area contributed by atoms with E-state index in [1.54, 1.807) is 0 Å². The minimum Gasteiger partial charge on any atom is -0.349 e. The number of hydrogen-bond acceptors (Lipinski definition) is 7. The maximum absolute atomic E-state index is 12.8. The van der Waals surface area contributed by atoms with E-state index in [4.69, 9.17) is 0 Å². The van der Waals surface area contributed by atoms with Gasteiger partial charge in [0, 0.05) is 30.0 Å². The van der Waals surface area contributed by atoms with Gasteiger partial charge in [-0.05, 0) is 12.8 Å². The minimum atomic E-state index is -3.51. The zero-order chi connectivity index (χ0) is 24.3. The van der Waals surface area contributed by atoms with E-state index < -0.39 is 33.4 Å². The van der Waals surface area contributed by atoms with E-state index in [1.165, 1.54) is 11.3 Å². The van der Waals surface area contributed by atoms with E-state index in [0.29, 0.717) is 31.4 Å². The van der Waals surface area contributed by atoms with Crippen molar-refractivity contribution < 1.29 is 22.8 Å². The number of carbonyl (C=O) groups is 3. The van der Waals surface area contributed by atoms with Crippen LogP contribution in [0.25, 0.3) is 10.6 Å². The van der Waals surface area contributed by atoms with Gasteiger partial charge in [0.15, 0.2) is 9.84 Å². The van der Waals surface area contributed by atoms with Crippen molar-refractivity contribution in [3.63, 3.8) is 0 Å². The van der Waals surface area contributed by atoms with Crippen LogP contribution in [0.1, 0.15) is 51.1 Å². The number of rotatable bonds is 14. The molecule has 0 aliphatic heterocycles. The maximum Gasteiger partial charge on any atom is 0.242 e. The Morgan fingerprint density at radius 1 is 1.09 bits per heavy atom. The average molecular weight is 494 g/mol. The van der Waals surface area contributed by atoms with Gasteiger partial charge in [-0.2, -0.15) is 0 Å². The fourth-order valence-electron chi connectivity index (χ4n) is 3.17. The van der Waals surface area contributed by atoms with Gasteiger partial charge >= 0.3 is 0 Å². The second kappa shape index (κ2) is 13.2. The number of nitrogens with one attached hydrogen (secondary N) is 2. The molecule has 10 heteroatoms. The van der Waals surface area contributed by atoms with Crippen LogP contribution in [-0.4, -0.2) is 49.0 Å². The van der Waals surface area contributed by atoms with E-state index >= 15 is 0 Å². The number of aromatic nitrogens is 1. The first-order chi connectivity index (χ1) is 15.7. The summed E-state index contributed by atoms with van der Waals surface area (Å²) >= 11 is 1.48. The molecule has 1 aromatic carbocycles. The summed E-state index contributed by atoms with van der Waals surface area (Å²) in [4.78, 5) is 40.8. The van der Waals surface area contributed by atoms with E-state index in [-0.39, 0.29) is 12.3 Å². The Morgan fingerprint density at radius 2 is 1.82 bits per heavy atom. The van der Waals surface area contributed by atoms with Crippen molar-refractivity contribution in [3.05, 3.63) is 41.4 Å². The average Bonchev–Trinajstić information content (AvgIpc) is 3.24. The Labute approximate surface area is 199 Å². The zero-order valence-electron chi connectivity index (χ0n) is 19.0. The first kappa shape index (κ1) is 26.7. The summed E-state index contributed by atoms with van der Waals surface area (Å²) in [7, 11) is -3.51. The monoisotopic (exact) mass is 493 g/mol. The molecular weight excluding hydrogens is 462 g/mol. The predicted octanol–water partition coefficient (Wildman–Crippen LogP) is 2.89. The second-order valence-corrected chi connectivity index (χ2v) is 10.9. The lowest BCUT2D eigenvalue weighted by Crippen LogP contribution is -2.48. The summed E-state index contributed by atoms with van der Waals surface area (Å²) in [5.41, 5.74) is 1.69. The van der Waals surface area contributed by atoms with Crippen LogP contribution in [0.3, 0.4) is 0 Å². The third-order valence-electron chi connectivity index (χ3n) is 4.90. The molecule has 0 unspecified atom stereocenters. The molecule has 1 aromatic heterocycles. The lowest BCUT2D eigenvalue weighted by Gasteiger charge is -2.18. The molecule has 180 valence electrons. The molecule has 1 heterocycles. The summed E-state index contributed by atoms with van der Waals surface area (Å²) in [6, 6.07) is 8.86. The minimum absolute atomic E-state index is 0.198. The number of benzene rings is 1. The van der Waals surface area contributed by atoms with Crippen molar-refractivity contribution in [2.45, 2.75) is 58.0 Å². The van der Waals surface area contributed by atoms with Crippen LogP contribution in [0.15, 0.2) is 35.7 Å². The number of carbonyl (C=O) groups excluding carboxylic acids is 3. The molecule has 0 fully saturated rings. The fraction of sp³-hybridized carbons (Fsp3) is 0.478. The van der Waals surface area contributed by atoms with Gasteiger partial charge in [-0.15, -0.1) is 11.3 Å². The highest BCUT2D eigenvalue weighted by Crippen LogP contribution is 2.23. The number of ketones is 1. The number of Topliss-reactive ketones (excluding diaryl/α,β-unsaturated/α-hetero) is 1. The fourth-order valence-corrected chi connectivity index (χ4v) is 4.55. The smallest absolute Gasteiger partial charge is 0.242 e. The molecule has 0 saturated heterocycles. The molecule has 0 bridgehead atoms. The van der Waals surface area contributed by atoms with Crippen LogP contribution in [-0.2, 0) is 30.8 Å². The van der Waals surface area contributed by atoms with Gasteiger partial charge in [-0.1, -0.05) is 50.1 Å². The molecule has 2 rings (SSSR count). The zero-order valence-corrected chi connectivity index (χ0v) is 20.6. The summed E-state index contributed by atoms with van der Waals surface area (Å²) in [5.74, 6) is -1.58. The van der Waals surface area contributed by atoms with Crippen molar-refractivity contribution in [3.8, 4) is 10.6 Å². The van der Waals surface area contributed by atoms with E-state index in [9.17, 15) is 22.8 Å². The summed E-state index contributed by atoms with van der Waals surface area (Å²) < 4.78 is 22.8. The quantitative estimate of drug-likeness (QED) is 0.390. The molecule has 2 aromatic rings. The third-order valence-corrected chi connectivity index (χ3v) is 6.63. The van der Waals surface area contributed by atoms with Gasteiger partial charge in [-0.3, -0.25) is 14.4 Å². The predicted molar refractivity (Wildman–Crippen MR) is 129 cm³/mol. The maximum atomic E-state index is 12.8. The largest absolute Gasteiger partial charge is 0.349 e. The van der Waals surface area contributed by atoms with Gasteiger partial charge in [0.05, 0.1) is 12.2 Å². The normalized spacial score (nSPS) is 12.2. The number of amides is 2. The number of sulfone groups is 1. The second-order valence-electron chi connectivity index (χ2n) is 7.91. The highest BCUT2D eigenvalue weighted by atomic mass is 32.2. The Balaban J connectivity index is 1.93. The lowest BCUT2D eigenvalue weighted by atomic mass is 10.0. The van der Waals surface area contributed by atoms with Gasteiger partial charge in [0.25, 0.3) is 0 Å². The van der Waals surface area contributed by atoms with Crippen LogP contribution in [0, 0.1) is 0 Å². The van der Waals surface area contributed by atoms with E-state index in [2.05, 4.69) is 15.6 Å². The summed E-state index contributed by atoms with van der Waals surface area (Å²) in [6.45, 7) is 2.02. The van der Waals surface area contributed by atoms with Crippen molar-refractivity contribution in [2.75, 3.05) is 12.0 Å². The molecule has 0 aliphatic carbocycles. The molecule has 0 aliphatic rings. The van der Waals surface area contributed by atoms with Crippen LogP contribution < -0.4 is 10.6 Å². The summed E-state index contributed by atoms with van der Waals surface area (Å²) in [6.07, 6.45) is 4.43. The van der Waals surface area contributed by atoms with E-state index in [1.807, 2.05) is 42.6 Å². The van der Waals surface area contributed by atoms with Crippen LogP contribution in [0.5, 0.6) is 0 Å². The first-order valence-corrected chi connectivity index (χ1v) is 13.9. The molecule has 0 spiro atoms. The van der Waals surface area contributed by atoms with Crippen molar-refractivity contribution in [2.24, 2.45) is 0 Å². The number of thiazole rings is 1. The Morgan fingerprint density at radius 3 is 2.48 bits per heavy atom. The van der Waals surface area contributed by atoms with Crippen molar-refractivity contribution in [1.82, 2.24) is 15.6 Å². The molecule has 33 heavy (non-hydrogen) atoms. The molecule has 2 N–H and O–H groups in total. The highest BCUT2D eigenvalue weighted by Gasteiger charge is 2.22. The third kappa shape index (κ3) is 10.3. The van der Waals surface area contributed by atoms with Crippen LogP contribution in [0.4, 0.5) is 0 Å². The lowest BCUT2D eigenvalue weighted by molar-refractivity contribution is -0.128. The highest BCUT2D eigenvalue weighted by molar-refractivity contribution is 7.91. The molecule has 0 saturated carbocycles. The Bertz CT molecular complexity index is 1040. The standard InChI is InChI=1S/C23H31N3O5S2/c1-3-19(27)12-8-5-9-13-20(26-21(28)16-33(2,30)31)22(29)24-14-18-15-32-23(25-18)17-10-6-4-7-11-17/h4,6-7,10-11,15,20H,3,5,8-9,12-14,16H2,1-2H3,(H,24,29)(H,26,28)/t20-/m0/s1. The van der Waals surface area contributed by atoms with Crippen LogP contribution >= 0.6 is 11.3 Å². The SMILES string of the molecule is CCC(=O)CCCCC[C@H](NC(=O)CS(C)(=O)=O)C(=O)NCc1csc(-c2ccccc2)n1. The van der Waals surface area contributed by atoms with Crippen molar-refractivity contribution in [1.29, 1.82) is 0 Å². The number of unbranched alkanes of at least 4 members (excludes halogenated alkanes) is 2. The molecule has 8 nitrogen and oxygen atoms in total. The molecule has 1 atom stereocenters.